The fraction of sp³-hybridized carbons (Fsp3) is 0.455. The van der Waals surface area contributed by atoms with E-state index in [0.29, 0.717) is 25.9 Å². The number of benzene rings is 1. The summed E-state index contributed by atoms with van der Waals surface area (Å²) in [7, 11) is 1.96. The van der Waals surface area contributed by atoms with E-state index in [0.717, 1.165) is 17.8 Å². The molecule has 8 heteroatoms. The second-order valence-electron chi connectivity index (χ2n) is 7.59. The fourth-order valence-electron chi connectivity index (χ4n) is 3.64. The number of carbonyl (C=O) groups is 2. The number of hydrogen-bond donors (Lipinski definition) is 2. The summed E-state index contributed by atoms with van der Waals surface area (Å²) in [5.41, 5.74) is 0. The number of halogens is 1. The molecule has 1 aliphatic heterocycles. The lowest BCUT2D eigenvalue weighted by Gasteiger charge is -2.21. The van der Waals surface area contributed by atoms with E-state index in [1.807, 2.05) is 24.6 Å². The third kappa shape index (κ3) is 6.81. The third-order valence-electron chi connectivity index (χ3n) is 5.07. The first-order chi connectivity index (χ1) is 14.5. The van der Waals surface area contributed by atoms with Crippen LogP contribution in [0.4, 0.5) is 4.39 Å². The van der Waals surface area contributed by atoms with Crippen LogP contribution < -0.4 is 15.4 Å². The lowest BCUT2D eigenvalue weighted by atomic mass is 10.0. The van der Waals surface area contributed by atoms with Crippen molar-refractivity contribution >= 4 is 23.2 Å². The normalized spacial score (nSPS) is 19.7. The number of ether oxygens (including phenoxy) is 1. The van der Waals surface area contributed by atoms with Crippen molar-refractivity contribution in [1.29, 1.82) is 0 Å². The Balaban J connectivity index is 1.40. The predicted octanol–water partition coefficient (Wildman–Crippen LogP) is 2.45. The molecule has 1 aromatic heterocycles. The Morgan fingerprint density at radius 2 is 2.03 bits per heavy atom. The number of likely N-dealkylation sites (N-methyl/N-ethyl adjacent to an activating group) is 1. The molecular weight excluding hydrogens is 405 g/mol. The van der Waals surface area contributed by atoms with E-state index in [4.69, 9.17) is 4.74 Å². The molecule has 0 bridgehead atoms. The zero-order valence-corrected chi connectivity index (χ0v) is 17.9. The van der Waals surface area contributed by atoms with Crippen molar-refractivity contribution in [2.75, 3.05) is 33.3 Å². The molecule has 1 saturated heterocycles. The quantitative estimate of drug-likeness (QED) is 0.628. The molecule has 2 N–H and O–H groups in total. The van der Waals surface area contributed by atoms with Gasteiger partial charge >= 0.3 is 0 Å². The van der Waals surface area contributed by atoms with E-state index in [9.17, 15) is 14.0 Å². The van der Waals surface area contributed by atoms with E-state index in [2.05, 4.69) is 15.5 Å². The van der Waals surface area contributed by atoms with Crippen LogP contribution in [0.25, 0.3) is 0 Å². The molecule has 1 aliphatic rings. The number of rotatable bonds is 8. The van der Waals surface area contributed by atoms with Gasteiger partial charge in [-0.1, -0.05) is 18.2 Å². The molecule has 0 unspecified atom stereocenters. The highest BCUT2D eigenvalue weighted by Gasteiger charge is 2.27. The summed E-state index contributed by atoms with van der Waals surface area (Å²) < 4.78 is 18.9. The molecular formula is C22H28FN3O3S. The molecule has 1 aromatic carbocycles. The Morgan fingerprint density at radius 1 is 1.20 bits per heavy atom. The number of thiophene rings is 1. The fourth-order valence-corrected chi connectivity index (χ4v) is 4.34. The first kappa shape index (κ1) is 22.2. The largest absolute Gasteiger partial charge is 0.489 e. The van der Waals surface area contributed by atoms with Crippen molar-refractivity contribution in [3.8, 4) is 5.75 Å². The van der Waals surface area contributed by atoms with Crippen molar-refractivity contribution in [3.05, 3.63) is 52.5 Å². The van der Waals surface area contributed by atoms with E-state index in [-0.39, 0.29) is 36.1 Å². The van der Waals surface area contributed by atoms with Crippen LogP contribution in [0.5, 0.6) is 5.75 Å². The number of nitrogens with one attached hydrogen (secondary N) is 2. The van der Waals surface area contributed by atoms with Crippen LogP contribution >= 0.6 is 11.3 Å². The molecule has 162 valence electrons. The Labute approximate surface area is 180 Å². The van der Waals surface area contributed by atoms with Crippen LogP contribution in [0.2, 0.25) is 0 Å². The molecule has 0 radical (unpaired) electrons. The number of amides is 2. The zero-order valence-electron chi connectivity index (χ0n) is 17.1. The smallest absolute Gasteiger partial charge is 0.225 e. The Hall–Kier alpha value is -2.45. The highest BCUT2D eigenvalue weighted by atomic mass is 32.1. The maximum atomic E-state index is 13.5. The minimum absolute atomic E-state index is 0.0176. The number of para-hydroxylation sites is 1. The lowest BCUT2D eigenvalue weighted by molar-refractivity contribution is -0.125. The van der Waals surface area contributed by atoms with Crippen LogP contribution in [-0.2, 0) is 16.0 Å². The van der Waals surface area contributed by atoms with Gasteiger partial charge in [0.05, 0.1) is 18.9 Å². The Morgan fingerprint density at radius 3 is 2.80 bits per heavy atom. The van der Waals surface area contributed by atoms with E-state index in [1.54, 1.807) is 29.5 Å². The van der Waals surface area contributed by atoms with E-state index in [1.165, 1.54) is 6.07 Å². The summed E-state index contributed by atoms with van der Waals surface area (Å²) in [6, 6.07) is 10.1. The van der Waals surface area contributed by atoms with E-state index >= 15 is 0 Å². The van der Waals surface area contributed by atoms with Crippen molar-refractivity contribution < 1.29 is 18.7 Å². The van der Waals surface area contributed by atoms with Gasteiger partial charge in [0.2, 0.25) is 11.8 Å². The minimum atomic E-state index is -0.415. The van der Waals surface area contributed by atoms with Crippen LogP contribution in [0, 0.1) is 11.7 Å². The number of hydrogen-bond acceptors (Lipinski definition) is 5. The molecule has 1 fully saturated rings. The van der Waals surface area contributed by atoms with Gasteiger partial charge in [-0.2, -0.15) is 0 Å². The number of likely N-dealkylation sites (tertiary alicyclic amines) is 1. The van der Waals surface area contributed by atoms with Gasteiger partial charge in [0.1, 0.15) is 6.61 Å². The number of carbonyl (C=O) groups excluding carboxylic acids is 2. The van der Waals surface area contributed by atoms with Gasteiger partial charge in [-0.25, -0.2) is 4.39 Å². The Bertz CT molecular complexity index is 831. The van der Waals surface area contributed by atoms with E-state index < -0.39 is 5.82 Å². The minimum Gasteiger partial charge on any atom is -0.489 e. The average molecular weight is 434 g/mol. The molecule has 0 aliphatic carbocycles. The van der Waals surface area contributed by atoms with Gasteiger partial charge in [0, 0.05) is 24.0 Å². The summed E-state index contributed by atoms with van der Waals surface area (Å²) in [4.78, 5) is 28.0. The summed E-state index contributed by atoms with van der Waals surface area (Å²) in [6.07, 6.45) is 1.85. The highest BCUT2D eigenvalue weighted by Crippen LogP contribution is 2.17. The van der Waals surface area contributed by atoms with Gasteiger partial charge in [-0.3, -0.25) is 9.59 Å². The standard InChI is InChI=1S/C22H28FN3O3S/c1-26-14-16(22(28)24-10-11-29-20-7-3-2-6-19(20)23)8-9-17(15-26)25-21(27)13-18-5-4-12-30-18/h2-7,12,16-17H,8-11,13-15H2,1H3,(H,24,28)(H,25,27)/t16-,17+/m1/s1. The molecule has 30 heavy (non-hydrogen) atoms. The van der Waals surface area contributed by atoms with Gasteiger partial charge in [0.25, 0.3) is 0 Å². The highest BCUT2D eigenvalue weighted by molar-refractivity contribution is 7.10. The Kier molecular flexibility index (Phi) is 8.21. The van der Waals surface area contributed by atoms with Gasteiger partial charge in [0.15, 0.2) is 11.6 Å². The first-order valence-corrected chi connectivity index (χ1v) is 11.0. The van der Waals surface area contributed by atoms with Crippen molar-refractivity contribution in [1.82, 2.24) is 15.5 Å². The SMILES string of the molecule is CN1C[C@@H](NC(=O)Cc2cccs2)CC[C@@H](C(=O)NCCOc2ccccc2F)C1. The second kappa shape index (κ2) is 11.1. The third-order valence-corrected chi connectivity index (χ3v) is 5.95. The summed E-state index contributed by atoms with van der Waals surface area (Å²) in [5.74, 6) is -0.403. The molecule has 0 spiro atoms. The molecule has 2 heterocycles. The summed E-state index contributed by atoms with van der Waals surface area (Å²) >= 11 is 1.58. The van der Waals surface area contributed by atoms with Crippen LogP contribution in [-0.4, -0.2) is 56.0 Å². The van der Waals surface area contributed by atoms with Gasteiger partial charge in [-0.15, -0.1) is 11.3 Å². The molecule has 2 aromatic rings. The topological polar surface area (TPSA) is 70.7 Å². The lowest BCUT2D eigenvalue weighted by Crippen LogP contribution is -2.42. The molecule has 2 amide bonds. The molecule has 0 saturated carbocycles. The van der Waals surface area contributed by atoms with Crippen LogP contribution in [0.15, 0.2) is 41.8 Å². The van der Waals surface area contributed by atoms with Gasteiger partial charge < -0.3 is 20.3 Å². The summed E-state index contributed by atoms with van der Waals surface area (Å²) in [5, 5.41) is 7.94. The van der Waals surface area contributed by atoms with Crippen molar-refractivity contribution in [2.24, 2.45) is 5.92 Å². The average Bonchev–Trinajstić information content (AvgIpc) is 3.14. The predicted molar refractivity (Wildman–Crippen MR) is 115 cm³/mol. The van der Waals surface area contributed by atoms with Crippen molar-refractivity contribution in [3.63, 3.8) is 0 Å². The van der Waals surface area contributed by atoms with Gasteiger partial charge in [-0.05, 0) is 43.5 Å². The molecule has 6 nitrogen and oxygen atoms in total. The van der Waals surface area contributed by atoms with Crippen molar-refractivity contribution in [2.45, 2.75) is 25.3 Å². The first-order valence-electron chi connectivity index (χ1n) is 10.2. The zero-order chi connectivity index (χ0) is 21.3. The maximum absolute atomic E-state index is 13.5. The second-order valence-corrected chi connectivity index (χ2v) is 8.62. The van der Waals surface area contributed by atoms with Crippen LogP contribution in [0.1, 0.15) is 17.7 Å². The maximum Gasteiger partial charge on any atom is 0.225 e. The monoisotopic (exact) mass is 433 g/mol. The number of nitrogens with zero attached hydrogens (tertiary/aromatic N) is 1. The summed E-state index contributed by atoms with van der Waals surface area (Å²) in [6.45, 7) is 1.87. The molecule has 3 rings (SSSR count). The molecule has 2 atom stereocenters. The van der Waals surface area contributed by atoms with Crippen LogP contribution in [0.3, 0.4) is 0 Å².